The summed E-state index contributed by atoms with van der Waals surface area (Å²) in [5, 5.41) is 2.73. The number of carbonyl (C=O) groups is 1. The number of aryl methyl sites for hydroxylation is 1. The fraction of sp³-hybridized carbons (Fsp3) is 0.381. The Labute approximate surface area is 166 Å². The summed E-state index contributed by atoms with van der Waals surface area (Å²) in [6.07, 6.45) is 0. The van der Waals surface area contributed by atoms with Crippen LogP contribution in [-0.2, 0) is 11.3 Å². The summed E-state index contributed by atoms with van der Waals surface area (Å²) in [4.78, 5) is 14.3. The highest BCUT2D eigenvalue weighted by atomic mass is 35.5. The number of ether oxygens (including phenoxy) is 2. The van der Waals surface area contributed by atoms with E-state index in [1.807, 2.05) is 62.6 Å². The number of carbonyl (C=O) groups excluding carboxylic acids is 1. The molecule has 0 aromatic heterocycles. The van der Waals surface area contributed by atoms with Gasteiger partial charge in [0.1, 0.15) is 6.04 Å². The molecule has 5 nitrogen and oxygen atoms in total. The van der Waals surface area contributed by atoms with Crippen LogP contribution in [0.5, 0.6) is 11.5 Å². The highest BCUT2D eigenvalue weighted by Gasteiger charge is 2.18. The molecule has 2 N–H and O–H groups in total. The molecular weight excluding hydrogens is 364 g/mol. The summed E-state index contributed by atoms with van der Waals surface area (Å²) in [6.45, 7) is 4.92. The smallest absolute Gasteiger partial charge is 0.277 e. The molecular formula is C21H28ClN2O3+. The van der Waals surface area contributed by atoms with Crippen molar-refractivity contribution in [2.75, 3.05) is 27.8 Å². The second-order valence-corrected chi connectivity index (χ2v) is 7.04. The number of hydrogen-bond donors (Lipinski definition) is 1. The van der Waals surface area contributed by atoms with E-state index in [0.29, 0.717) is 24.6 Å². The zero-order valence-electron chi connectivity index (χ0n) is 16.6. The number of halogens is 1. The van der Waals surface area contributed by atoms with Crippen molar-refractivity contribution in [3.8, 4) is 11.5 Å². The first-order valence-electron chi connectivity index (χ1n) is 8.90. The predicted octanol–water partition coefficient (Wildman–Crippen LogP) is 2.95. The van der Waals surface area contributed by atoms with Gasteiger partial charge in [0.15, 0.2) is 18.0 Å². The van der Waals surface area contributed by atoms with Gasteiger partial charge in [0.2, 0.25) is 0 Å². The average Bonchev–Trinajstić information content (AvgIpc) is 2.67. The Morgan fingerprint density at radius 2 is 1.81 bits per heavy atom. The predicted molar refractivity (Wildman–Crippen MR) is 107 cm³/mol. The number of benzene rings is 2. The molecule has 0 unspecified atom stereocenters. The van der Waals surface area contributed by atoms with Crippen LogP contribution in [0.25, 0.3) is 0 Å². The van der Waals surface area contributed by atoms with Gasteiger partial charge in [-0.05, 0) is 43.2 Å². The highest BCUT2D eigenvalue weighted by Crippen LogP contribution is 2.30. The number of hydrogen-bond acceptors (Lipinski definition) is 3. The molecule has 27 heavy (non-hydrogen) atoms. The monoisotopic (exact) mass is 391 g/mol. The fourth-order valence-electron chi connectivity index (χ4n) is 2.94. The molecule has 0 fully saturated rings. The Morgan fingerprint density at radius 3 is 2.44 bits per heavy atom. The van der Waals surface area contributed by atoms with Gasteiger partial charge in [-0.2, -0.15) is 0 Å². The van der Waals surface area contributed by atoms with Gasteiger partial charge in [0.05, 0.1) is 14.2 Å². The van der Waals surface area contributed by atoms with Gasteiger partial charge >= 0.3 is 0 Å². The van der Waals surface area contributed by atoms with Crippen LogP contribution >= 0.6 is 11.6 Å². The standard InChI is InChI=1S/C21H27ClN2O3/c1-14-10-19(26-4)20(27-5)11-16(14)13-24(3)21(25)12-23-15(2)17-8-6-7-9-18(17)22/h6-11,15,23H,12-13H2,1-5H3/p+1/t15-/m0/s1. The van der Waals surface area contributed by atoms with Crippen LogP contribution in [0.4, 0.5) is 0 Å². The minimum absolute atomic E-state index is 0.0584. The van der Waals surface area contributed by atoms with Crippen LogP contribution in [0.2, 0.25) is 5.02 Å². The van der Waals surface area contributed by atoms with Crippen molar-refractivity contribution in [2.24, 2.45) is 0 Å². The maximum atomic E-state index is 12.6. The van der Waals surface area contributed by atoms with Crippen LogP contribution in [0.15, 0.2) is 36.4 Å². The number of nitrogens with two attached hydrogens (primary N) is 1. The van der Waals surface area contributed by atoms with Crippen molar-refractivity contribution in [3.63, 3.8) is 0 Å². The second kappa shape index (κ2) is 9.62. The molecule has 6 heteroatoms. The molecule has 0 heterocycles. The summed E-state index contributed by atoms with van der Waals surface area (Å²) in [7, 11) is 5.03. The Balaban J connectivity index is 1.99. The van der Waals surface area contributed by atoms with E-state index in [9.17, 15) is 4.79 Å². The van der Waals surface area contributed by atoms with Gasteiger partial charge in [0.25, 0.3) is 5.91 Å². The van der Waals surface area contributed by atoms with Crippen molar-refractivity contribution in [1.29, 1.82) is 0 Å². The number of methoxy groups -OCH3 is 2. The zero-order valence-corrected chi connectivity index (χ0v) is 17.3. The number of amides is 1. The lowest BCUT2D eigenvalue weighted by atomic mass is 10.1. The first-order valence-corrected chi connectivity index (χ1v) is 9.28. The summed E-state index contributed by atoms with van der Waals surface area (Å²) in [5.41, 5.74) is 3.12. The van der Waals surface area contributed by atoms with Crippen molar-refractivity contribution in [3.05, 3.63) is 58.1 Å². The highest BCUT2D eigenvalue weighted by molar-refractivity contribution is 6.31. The molecule has 0 saturated heterocycles. The van der Waals surface area contributed by atoms with Gasteiger partial charge in [-0.1, -0.05) is 29.8 Å². The zero-order chi connectivity index (χ0) is 20.0. The number of quaternary nitrogens is 1. The molecule has 2 aromatic rings. The first-order chi connectivity index (χ1) is 12.9. The third-order valence-corrected chi connectivity index (χ3v) is 5.06. The number of likely N-dealkylation sites (N-methyl/N-ethyl adjacent to an activating group) is 1. The number of nitrogens with zero attached hydrogens (tertiary/aromatic N) is 1. The van der Waals surface area contributed by atoms with E-state index in [4.69, 9.17) is 21.1 Å². The minimum atomic E-state index is 0.0584. The largest absolute Gasteiger partial charge is 0.493 e. The number of rotatable bonds is 8. The van der Waals surface area contributed by atoms with E-state index in [1.165, 1.54) is 0 Å². The maximum absolute atomic E-state index is 12.6. The second-order valence-electron chi connectivity index (χ2n) is 6.63. The Morgan fingerprint density at radius 1 is 1.19 bits per heavy atom. The lowest BCUT2D eigenvalue weighted by Gasteiger charge is -2.20. The third-order valence-electron chi connectivity index (χ3n) is 4.72. The maximum Gasteiger partial charge on any atom is 0.277 e. The van der Waals surface area contributed by atoms with Gasteiger partial charge in [-0.3, -0.25) is 4.79 Å². The Bertz CT molecular complexity index is 795. The van der Waals surface area contributed by atoms with Crippen molar-refractivity contribution < 1.29 is 19.6 Å². The van der Waals surface area contributed by atoms with E-state index in [-0.39, 0.29) is 11.9 Å². The SMILES string of the molecule is COc1cc(C)c(CN(C)C(=O)C[NH2+][C@@H](C)c2ccccc2Cl)cc1OC. The summed E-state index contributed by atoms with van der Waals surface area (Å²) in [5.74, 6) is 1.41. The summed E-state index contributed by atoms with van der Waals surface area (Å²) >= 11 is 6.24. The van der Waals surface area contributed by atoms with Crippen LogP contribution < -0.4 is 14.8 Å². The van der Waals surface area contributed by atoms with E-state index in [2.05, 4.69) is 0 Å². The third kappa shape index (κ3) is 5.37. The van der Waals surface area contributed by atoms with Gasteiger partial charge in [-0.15, -0.1) is 0 Å². The topological polar surface area (TPSA) is 55.4 Å². The molecule has 0 bridgehead atoms. The molecule has 0 aliphatic heterocycles. The van der Waals surface area contributed by atoms with E-state index < -0.39 is 0 Å². The molecule has 146 valence electrons. The fourth-order valence-corrected chi connectivity index (χ4v) is 3.25. The first kappa shape index (κ1) is 21.1. The molecule has 0 aliphatic carbocycles. The summed E-state index contributed by atoms with van der Waals surface area (Å²) in [6, 6.07) is 11.7. The molecule has 0 aliphatic rings. The molecule has 0 saturated carbocycles. The Kier molecular flexibility index (Phi) is 7.51. The van der Waals surface area contributed by atoms with E-state index in [0.717, 1.165) is 21.7 Å². The van der Waals surface area contributed by atoms with E-state index >= 15 is 0 Å². The van der Waals surface area contributed by atoms with Crippen LogP contribution in [0.3, 0.4) is 0 Å². The van der Waals surface area contributed by atoms with Crippen molar-refractivity contribution in [2.45, 2.75) is 26.4 Å². The average molecular weight is 392 g/mol. The van der Waals surface area contributed by atoms with Gasteiger partial charge < -0.3 is 19.7 Å². The van der Waals surface area contributed by atoms with Crippen molar-refractivity contribution in [1.82, 2.24) is 4.90 Å². The summed E-state index contributed by atoms with van der Waals surface area (Å²) < 4.78 is 10.7. The van der Waals surface area contributed by atoms with Crippen LogP contribution in [-0.4, -0.2) is 38.6 Å². The molecule has 1 atom stereocenters. The minimum Gasteiger partial charge on any atom is -0.493 e. The molecule has 2 rings (SSSR count). The lowest BCUT2D eigenvalue weighted by molar-refractivity contribution is -0.683. The van der Waals surface area contributed by atoms with Gasteiger partial charge in [-0.25, -0.2) is 0 Å². The Hall–Kier alpha value is -2.24. The quantitative estimate of drug-likeness (QED) is 0.752. The van der Waals surface area contributed by atoms with E-state index in [1.54, 1.807) is 19.1 Å². The van der Waals surface area contributed by atoms with Crippen LogP contribution in [0, 0.1) is 6.92 Å². The molecule has 0 spiro atoms. The lowest BCUT2D eigenvalue weighted by Crippen LogP contribution is -2.87. The molecule has 1 amide bonds. The molecule has 0 radical (unpaired) electrons. The normalized spacial score (nSPS) is 11.8. The van der Waals surface area contributed by atoms with Crippen LogP contribution in [0.1, 0.15) is 29.7 Å². The van der Waals surface area contributed by atoms with Gasteiger partial charge in [0, 0.05) is 24.2 Å². The van der Waals surface area contributed by atoms with Crippen molar-refractivity contribution >= 4 is 17.5 Å². The molecule has 2 aromatic carbocycles.